The molecule has 1 aromatic heterocycles. The van der Waals surface area contributed by atoms with Crippen molar-refractivity contribution >= 4 is 11.6 Å². The molecule has 0 saturated carbocycles. The summed E-state index contributed by atoms with van der Waals surface area (Å²) in [5.41, 5.74) is 1.43. The van der Waals surface area contributed by atoms with Gasteiger partial charge in [0.1, 0.15) is 0 Å². The zero-order chi connectivity index (χ0) is 12.1. The number of carbonyl (C=O) groups is 1. The van der Waals surface area contributed by atoms with E-state index in [0.717, 1.165) is 12.2 Å². The average molecular weight is 221 g/mol. The second-order valence-corrected chi connectivity index (χ2v) is 4.25. The van der Waals surface area contributed by atoms with Gasteiger partial charge in [-0.1, -0.05) is 13.8 Å². The molecule has 0 radical (unpaired) electrons. The summed E-state index contributed by atoms with van der Waals surface area (Å²) in [4.78, 5) is 17.8. The zero-order valence-corrected chi connectivity index (χ0v) is 10.3. The predicted molar refractivity (Wildman–Crippen MR) is 65.6 cm³/mol. The summed E-state index contributed by atoms with van der Waals surface area (Å²) >= 11 is 0. The number of carbonyl (C=O) groups excluding carboxylic acids is 1. The van der Waals surface area contributed by atoms with E-state index >= 15 is 0 Å². The first kappa shape index (κ1) is 12.5. The van der Waals surface area contributed by atoms with E-state index < -0.39 is 0 Å². The third-order valence-electron chi connectivity index (χ3n) is 2.31. The normalized spacial score (nSPS) is 10.3. The van der Waals surface area contributed by atoms with Crippen molar-refractivity contribution in [2.45, 2.75) is 13.8 Å². The third-order valence-corrected chi connectivity index (χ3v) is 2.31. The van der Waals surface area contributed by atoms with Crippen LogP contribution in [-0.2, 0) is 0 Å². The molecule has 1 rings (SSSR count). The topological polar surface area (TPSA) is 45.2 Å². The van der Waals surface area contributed by atoms with Crippen LogP contribution < -0.4 is 5.32 Å². The molecule has 0 aliphatic rings. The van der Waals surface area contributed by atoms with Gasteiger partial charge in [-0.3, -0.25) is 9.78 Å². The van der Waals surface area contributed by atoms with E-state index in [1.54, 1.807) is 30.4 Å². The van der Waals surface area contributed by atoms with Gasteiger partial charge in [-0.25, -0.2) is 0 Å². The Balaban J connectivity index is 2.87. The van der Waals surface area contributed by atoms with Crippen LogP contribution in [0.4, 0.5) is 5.69 Å². The molecule has 88 valence electrons. The van der Waals surface area contributed by atoms with Crippen molar-refractivity contribution in [1.29, 1.82) is 0 Å². The van der Waals surface area contributed by atoms with Gasteiger partial charge in [-0.2, -0.15) is 0 Å². The number of anilines is 1. The predicted octanol–water partition coefficient (Wildman–Crippen LogP) is 1.85. The lowest BCUT2D eigenvalue weighted by molar-refractivity contribution is 0.0779. The first-order chi connectivity index (χ1) is 7.56. The summed E-state index contributed by atoms with van der Waals surface area (Å²) in [6.07, 6.45) is 3.27. The molecule has 0 fully saturated rings. The number of pyridine rings is 1. The van der Waals surface area contributed by atoms with Crippen molar-refractivity contribution in [2.75, 3.05) is 26.0 Å². The monoisotopic (exact) mass is 221 g/mol. The van der Waals surface area contributed by atoms with Crippen LogP contribution in [0.3, 0.4) is 0 Å². The molecule has 0 aromatic carbocycles. The number of hydrogen-bond donors (Lipinski definition) is 1. The summed E-state index contributed by atoms with van der Waals surface area (Å²) in [5.74, 6) is 0.467. The zero-order valence-electron chi connectivity index (χ0n) is 10.3. The fourth-order valence-corrected chi connectivity index (χ4v) is 1.62. The van der Waals surface area contributed by atoms with Gasteiger partial charge in [0.15, 0.2) is 0 Å². The van der Waals surface area contributed by atoms with Gasteiger partial charge in [0, 0.05) is 38.7 Å². The second-order valence-electron chi connectivity index (χ2n) is 4.25. The van der Waals surface area contributed by atoms with Gasteiger partial charge < -0.3 is 10.2 Å². The molecule has 0 unspecified atom stereocenters. The molecular formula is C12H19N3O. The van der Waals surface area contributed by atoms with Gasteiger partial charge in [0.05, 0.1) is 5.56 Å². The van der Waals surface area contributed by atoms with Gasteiger partial charge >= 0.3 is 0 Å². The van der Waals surface area contributed by atoms with Gasteiger partial charge in [0.2, 0.25) is 0 Å². The Bertz CT molecular complexity index is 363. The standard InChI is InChI=1S/C12H19N3O/c1-9(2)8-15(4)12(16)10-7-14-6-5-11(10)13-3/h5-7,9H,8H2,1-4H3,(H,13,14). The Labute approximate surface area is 96.7 Å². The minimum Gasteiger partial charge on any atom is -0.387 e. The highest BCUT2D eigenvalue weighted by Gasteiger charge is 2.15. The maximum absolute atomic E-state index is 12.1. The van der Waals surface area contributed by atoms with Crippen LogP contribution in [0.1, 0.15) is 24.2 Å². The molecule has 4 heteroatoms. The first-order valence-electron chi connectivity index (χ1n) is 5.43. The molecule has 1 heterocycles. The Morgan fingerprint density at radius 3 is 2.81 bits per heavy atom. The first-order valence-corrected chi connectivity index (χ1v) is 5.43. The SMILES string of the molecule is CNc1ccncc1C(=O)N(C)CC(C)C. The number of amides is 1. The molecule has 0 bridgehead atoms. The molecule has 1 aromatic rings. The molecule has 4 nitrogen and oxygen atoms in total. The highest BCUT2D eigenvalue weighted by molar-refractivity contribution is 5.99. The fraction of sp³-hybridized carbons (Fsp3) is 0.500. The van der Waals surface area contributed by atoms with Gasteiger partial charge in [-0.15, -0.1) is 0 Å². The van der Waals surface area contributed by atoms with E-state index in [0.29, 0.717) is 11.5 Å². The lowest BCUT2D eigenvalue weighted by Gasteiger charge is -2.20. The van der Waals surface area contributed by atoms with E-state index in [1.807, 2.05) is 7.05 Å². The van der Waals surface area contributed by atoms with Crippen molar-refractivity contribution in [3.8, 4) is 0 Å². The van der Waals surface area contributed by atoms with Crippen molar-refractivity contribution in [3.63, 3.8) is 0 Å². The Kier molecular flexibility index (Phi) is 4.28. The number of nitrogens with one attached hydrogen (secondary N) is 1. The van der Waals surface area contributed by atoms with Crippen LogP contribution in [0.5, 0.6) is 0 Å². The summed E-state index contributed by atoms with van der Waals surface area (Å²) < 4.78 is 0. The molecule has 1 amide bonds. The van der Waals surface area contributed by atoms with E-state index in [9.17, 15) is 4.79 Å². The van der Waals surface area contributed by atoms with Crippen LogP contribution in [0.15, 0.2) is 18.5 Å². The van der Waals surface area contributed by atoms with E-state index in [2.05, 4.69) is 24.1 Å². The molecule has 0 aliphatic heterocycles. The lowest BCUT2D eigenvalue weighted by atomic mass is 10.1. The molecule has 0 atom stereocenters. The summed E-state index contributed by atoms with van der Waals surface area (Å²) in [6.45, 7) is 4.93. The number of rotatable bonds is 4. The maximum Gasteiger partial charge on any atom is 0.257 e. The van der Waals surface area contributed by atoms with Crippen LogP contribution in [0, 0.1) is 5.92 Å². The molecule has 0 saturated heterocycles. The molecule has 0 spiro atoms. The van der Waals surface area contributed by atoms with Crippen LogP contribution in [-0.4, -0.2) is 36.4 Å². The van der Waals surface area contributed by atoms with Crippen LogP contribution in [0.25, 0.3) is 0 Å². The fourth-order valence-electron chi connectivity index (χ4n) is 1.62. The highest BCUT2D eigenvalue weighted by atomic mass is 16.2. The van der Waals surface area contributed by atoms with E-state index in [4.69, 9.17) is 0 Å². The second kappa shape index (κ2) is 5.49. The van der Waals surface area contributed by atoms with E-state index in [1.165, 1.54) is 0 Å². The maximum atomic E-state index is 12.1. The van der Waals surface area contributed by atoms with Crippen molar-refractivity contribution in [3.05, 3.63) is 24.0 Å². The molecule has 0 aliphatic carbocycles. The van der Waals surface area contributed by atoms with E-state index in [-0.39, 0.29) is 5.91 Å². The Morgan fingerprint density at radius 2 is 2.25 bits per heavy atom. The van der Waals surface area contributed by atoms with Gasteiger partial charge in [0.25, 0.3) is 5.91 Å². The third kappa shape index (κ3) is 2.95. The molecular weight excluding hydrogens is 202 g/mol. The Hall–Kier alpha value is -1.58. The smallest absolute Gasteiger partial charge is 0.257 e. The largest absolute Gasteiger partial charge is 0.387 e. The average Bonchev–Trinajstić information content (AvgIpc) is 2.27. The summed E-state index contributed by atoms with van der Waals surface area (Å²) in [7, 11) is 3.61. The number of nitrogens with zero attached hydrogens (tertiary/aromatic N) is 2. The van der Waals surface area contributed by atoms with Crippen molar-refractivity contribution in [1.82, 2.24) is 9.88 Å². The van der Waals surface area contributed by atoms with Gasteiger partial charge in [-0.05, 0) is 12.0 Å². The number of hydrogen-bond acceptors (Lipinski definition) is 3. The summed E-state index contributed by atoms with van der Waals surface area (Å²) in [5, 5.41) is 3.00. The van der Waals surface area contributed by atoms with Crippen molar-refractivity contribution in [2.24, 2.45) is 5.92 Å². The minimum absolute atomic E-state index is 0.00569. The number of aromatic nitrogens is 1. The van der Waals surface area contributed by atoms with Crippen molar-refractivity contribution < 1.29 is 4.79 Å². The lowest BCUT2D eigenvalue weighted by Crippen LogP contribution is -2.30. The highest BCUT2D eigenvalue weighted by Crippen LogP contribution is 2.15. The minimum atomic E-state index is 0.00569. The van der Waals surface area contributed by atoms with Crippen LogP contribution >= 0.6 is 0 Å². The Morgan fingerprint density at radius 1 is 1.56 bits per heavy atom. The van der Waals surface area contributed by atoms with Crippen LogP contribution in [0.2, 0.25) is 0 Å². The molecule has 16 heavy (non-hydrogen) atoms. The summed E-state index contributed by atoms with van der Waals surface area (Å²) in [6, 6.07) is 1.80. The molecule has 1 N–H and O–H groups in total. The quantitative estimate of drug-likeness (QED) is 0.844.